The van der Waals surface area contributed by atoms with Crippen LogP contribution in [0.1, 0.15) is 0 Å². The molecule has 0 fully saturated rings. The molecule has 0 saturated heterocycles. The first-order valence-corrected chi connectivity index (χ1v) is 4.02. The Bertz CT molecular complexity index is 191. The minimum atomic E-state index is -4.47. The van der Waals surface area contributed by atoms with E-state index in [0.717, 1.165) is 4.83 Å². The van der Waals surface area contributed by atoms with Crippen molar-refractivity contribution in [2.24, 2.45) is 0 Å². The summed E-state index contributed by atoms with van der Waals surface area (Å²) >= 11 is -2.76. The summed E-state index contributed by atoms with van der Waals surface area (Å²) in [5.41, 5.74) is 0. The number of hydrogen-bond acceptors (Lipinski definition) is 4. The Balaban J connectivity index is 3.67. The molecule has 0 aromatic carbocycles. The summed E-state index contributed by atoms with van der Waals surface area (Å²) in [4.78, 5) is 2.30. The van der Waals surface area contributed by atoms with Gasteiger partial charge in [-0.25, -0.2) is 0 Å². The fraction of sp³-hybridized carbons (Fsp3) is 0. The molecular formula is H3N2O5S2-. The zero-order chi connectivity index (χ0) is 7.49. The highest BCUT2D eigenvalue weighted by Crippen LogP contribution is 1.66. The maximum Gasteiger partial charge on any atom is 0.347 e. The first-order chi connectivity index (χ1) is 3.92. The second-order valence-electron chi connectivity index (χ2n) is 0.914. The summed E-state index contributed by atoms with van der Waals surface area (Å²) in [6.07, 6.45) is 0. The summed E-state index contributed by atoms with van der Waals surface area (Å²) in [5.74, 6) is 0. The predicted molar refractivity (Wildman–Crippen MR) is 26.7 cm³/mol. The normalized spacial score (nSPS) is 15.3. The van der Waals surface area contributed by atoms with Crippen molar-refractivity contribution in [1.29, 1.82) is 0 Å². The van der Waals surface area contributed by atoms with Crippen LogP contribution in [-0.4, -0.2) is 21.7 Å². The van der Waals surface area contributed by atoms with E-state index in [2.05, 4.69) is 0 Å². The number of nitrogens with one attached hydrogen (secondary N) is 2. The molecule has 9 heavy (non-hydrogen) atoms. The minimum Gasteiger partial charge on any atom is -0.759 e. The van der Waals surface area contributed by atoms with E-state index in [-0.39, 0.29) is 0 Å². The monoisotopic (exact) mass is 175 g/mol. The third kappa shape index (κ3) is 7.94. The van der Waals surface area contributed by atoms with E-state index in [0.29, 0.717) is 0 Å². The lowest BCUT2D eigenvalue weighted by atomic mass is 13.0. The summed E-state index contributed by atoms with van der Waals surface area (Å²) in [7, 11) is -4.47. The van der Waals surface area contributed by atoms with Crippen LogP contribution < -0.4 is 9.66 Å². The highest BCUT2D eigenvalue weighted by molar-refractivity contribution is 7.84. The van der Waals surface area contributed by atoms with Crippen molar-refractivity contribution < 1.29 is 21.7 Å². The van der Waals surface area contributed by atoms with Crippen LogP contribution in [-0.2, 0) is 21.6 Å². The molecule has 0 spiro atoms. The van der Waals surface area contributed by atoms with E-state index in [9.17, 15) is 17.2 Å². The highest BCUT2D eigenvalue weighted by Gasteiger charge is 1.98. The molecule has 56 valence electrons. The maximum atomic E-state index is 9.64. The van der Waals surface area contributed by atoms with Crippen LogP contribution in [0.4, 0.5) is 0 Å². The van der Waals surface area contributed by atoms with Gasteiger partial charge in [-0.05, 0) is 0 Å². The molecule has 0 aromatic rings. The Labute approximate surface area is 53.7 Å². The first kappa shape index (κ1) is 8.94. The molecule has 0 aliphatic heterocycles. The Morgan fingerprint density at radius 1 is 1.56 bits per heavy atom. The van der Waals surface area contributed by atoms with Gasteiger partial charge in [0.25, 0.3) is 0 Å². The number of rotatable bonds is 3. The van der Waals surface area contributed by atoms with Crippen LogP contribution in [0.15, 0.2) is 0 Å². The Hall–Kier alpha value is -0.0600. The second-order valence-corrected chi connectivity index (χ2v) is 2.74. The van der Waals surface area contributed by atoms with Gasteiger partial charge in [0.1, 0.15) is 0 Å². The van der Waals surface area contributed by atoms with Crippen molar-refractivity contribution in [3.63, 3.8) is 0 Å². The Kier molecular flexibility index (Phi) is 3.17. The van der Waals surface area contributed by atoms with Crippen molar-refractivity contribution in [1.82, 2.24) is 9.66 Å². The summed E-state index contributed by atoms with van der Waals surface area (Å²) < 4.78 is 46.1. The van der Waals surface area contributed by atoms with E-state index in [1.54, 1.807) is 0 Å². The molecule has 0 aliphatic carbocycles. The van der Waals surface area contributed by atoms with Gasteiger partial charge in [-0.3, -0.25) is 8.76 Å². The molecule has 0 amide bonds. The van der Waals surface area contributed by atoms with Crippen molar-refractivity contribution in [3.05, 3.63) is 0 Å². The van der Waals surface area contributed by atoms with Gasteiger partial charge < -0.3 is 4.55 Å². The molecule has 0 saturated carbocycles. The van der Waals surface area contributed by atoms with Crippen LogP contribution in [0.2, 0.25) is 0 Å². The molecule has 3 N–H and O–H groups in total. The van der Waals surface area contributed by atoms with E-state index < -0.39 is 21.6 Å². The topological polar surface area (TPSA) is 119 Å². The molecule has 0 aliphatic rings. The van der Waals surface area contributed by atoms with E-state index >= 15 is 0 Å². The summed E-state index contributed by atoms with van der Waals surface area (Å²) in [5, 5.41) is 0. The van der Waals surface area contributed by atoms with Crippen molar-refractivity contribution >= 4 is 21.6 Å². The lowest BCUT2D eigenvalue weighted by Crippen LogP contribution is -2.37. The SMILES string of the molecule is O=S([O-])NNS(=O)(=O)O. The lowest BCUT2D eigenvalue weighted by molar-refractivity contribution is 0.457. The van der Waals surface area contributed by atoms with Crippen LogP contribution in [0.3, 0.4) is 0 Å². The second kappa shape index (κ2) is 3.20. The quantitative estimate of drug-likeness (QED) is 0.253. The average Bonchev–Trinajstić information content (AvgIpc) is 1.59. The summed E-state index contributed by atoms with van der Waals surface area (Å²) in [6.45, 7) is 0. The van der Waals surface area contributed by atoms with Gasteiger partial charge in [-0.15, -0.1) is 4.83 Å². The van der Waals surface area contributed by atoms with Crippen LogP contribution in [0.5, 0.6) is 0 Å². The zero-order valence-corrected chi connectivity index (χ0v) is 5.53. The summed E-state index contributed by atoms with van der Waals surface area (Å²) in [6, 6.07) is 0. The van der Waals surface area contributed by atoms with Crippen LogP contribution in [0.25, 0.3) is 0 Å². The van der Waals surface area contributed by atoms with Crippen molar-refractivity contribution in [2.75, 3.05) is 0 Å². The predicted octanol–water partition coefficient (Wildman–Crippen LogP) is -2.32. The third-order valence-electron chi connectivity index (χ3n) is 0.254. The fourth-order valence-electron chi connectivity index (χ4n) is 0.0867. The minimum absolute atomic E-state index is 1.09. The zero-order valence-electron chi connectivity index (χ0n) is 3.90. The van der Waals surface area contributed by atoms with Crippen LogP contribution >= 0.6 is 0 Å². The van der Waals surface area contributed by atoms with Gasteiger partial charge in [0.05, 0.1) is 0 Å². The molecule has 0 rings (SSSR count). The van der Waals surface area contributed by atoms with Gasteiger partial charge in [0.15, 0.2) is 0 Å². The van der Waals surface area contributed by atoms with E-state index in [1.165, 1.54) is 4.83 Å². The van der Waals surface area contributed by atoms with Gasteiger partial charge in [0, 0.05) is 11.3 Å². The molecule has 0 radical (unpaired) electrons. The lowest BCUT2D eigenvalue weighted by Gasteiger charge is -2.04. The molecule has 9 heteroatoms. The van der Waals surface area contributed by atoms with Gasteiger partial charge in [-0.1, -0.05) is 0 Å². The Morgan fingerprint density at radius 2 is 2.00 bits per heavy atom. The average molecular weight is 175 g/mol. The van der Waals surface area contributed by atoms with Crippen molar-refractivity contribution in [2.45, 2.75) is 0 Å². The number of hydrazine groups is 1. The van der Waals surface area contributed by atoms with E-state index in [1.807, 2.05) is 0 Å². The number of hydrogen-bond donors (Lipinski definition) is 3. The van der Waals surface area contributed by atoms with Gasteiger partial charge in [-0.2, -0.15) is 13.2 Å². The van der Waals surface area contributed by atoms with E-state index in [4.69, 9.17) is 4.55 Å². The van der Waals surface area contributed by atoms with Gasteiger partial charge >= 0.3 is 10.3 Å². The standard InChI is InChI=1S/H4N2O5S2/c3-8(4)1-2-9(5,6)7/h1-2H,(H,3,4)(H,5,6,7)/p-1. The first-order valence-electron chi connectivity index (χ1n) is 1.51. The largest absolute Gasteiger partial charge is 0.759 e. The van der Waals surface area contributed by atoms with Crippen LogP contribution in [0, 0.1) is 0 Å². The molecule has 0 heterocycles. The molecule has 7 nitrogen and oxygen atoms in total. The fourth-order valence-corrected chi connectivity index (χ4v) is 0.780. The molecule has 0 bridgehead atoms. The van der Waals surface area contributed by atoms with Gasteiger partial charge in [0.2, 0.25) is 0 Å². The molecule has 1 unspecified atom stereocenters. The Morgan fingerprint density at radius 3 is 2.11 bits per heavy atom. The molecular weight excluding hydrogens is 172 g/mol. The highest BCUT2D eigenvalue weighted by atomic mass is 32.2. The smallest absolute Gasteiger partial charge is 0.347 e. The maximum absolute atomic E-state index is 9.64. The molecule has 1 atom stereocenters. The molecule has 0 aromatic heterocycles. The third-order valence-corrected chi connectivity index (χ3v) is 1.01. The van der Waals surface area contributed by atoms with Crippen molar-refractivity contribution in [3.8, 4) is 0 Å².